The fraction of sp³-hybridized carbons (Fsp3) is 0.259. The van der Waals surface area contributed by atoms with E-state index in [2.05, 4.69) is 308 Å². The van der Waals surface area contributed by atoms with E-state index >= 15 is 0 Å². The van der Waals surface area contributed by atoms with Gasteiger partial charge in [0.15, 0.2) is 23.3 Å². The van der Waals surface area contributed by atoms with Crippen LogP contribution < -0.4 is 37.3 Å². The molecular weight excluding hydrogens is 1430 g/mol. The van der Waals surface area contributed by atoms with Gasteiger partial charge in [-0.2, -0.15) is 0 Å². The summed E-state index contributed by atoms with van der Waals surface area (Å²) in [6, 6.07) is 81.6. The second-order valence-electron chi connectivity index (χ2n) is 30.3. The summed E-state index contributed by atoms with van der Waals surface area (Å²) in [6.07, 6.45) is 0. The predicted molar refractivity (Wildman–Crippen MR) is 397 cm³/mol. The summed E-state index contributed by atoms with van der Waals surface area (Å²) in [6.45, 7) is 32.9. The van der Waals surface area contributed by atoms with Crippen molar-refractivity contribution in [3.05, 3.63) is 275 Å². The number of hydrogen-bond donors (Lipinski definition) is 0. The molecule has 0 aliphatic carbocycles. The number of carbonyl (C=O) groups is 1. The molecule has 19 nitrogen and oxygen atoms in total. The zero-order valence-corrected chi connectivity index (χ0v) is 65.1. The third-order valence-electron chi connectivity index (χ3n) is 17.7. The van der Waals surface area contributed by atoms with Crippen LogP contribution in [0, 0.1) is 20.5 Å². The second kappa shape index (κ2) is 33.7. The van der Waals surface area contributed by atoms with Crippen LogP contribution in [-0.2, 0) is 69.7 Å². The first-order valence-electron chi connectivity index (χ1n) is 34.7. The Morgan fingerprint density at radius 3 is 0.617 bits per heavy atom. The van der Waals surface area contributed by atoms with Crippen LogP contribution >= 0.6 is 0 Å². The van der Waals surface area contributed by atoms with Crippen LogP contribution in [0.15, 0.2) is 231 Å². The van der Waals surface area contributed by atoms with Crippen LogP contribution in [0.4, 0.5) is 0 Å². The van der Waals surface area contributed by atoms with Gasteiger partial charge < -0.3 is 23.1 Å². The number of ketones is 1. The van der Waals surface area contributed by atoms with Crippen LogP contribution in [-0.4, -0.2) is 54.0 Å². The maximum absolute atomic E-state index is 9.44. The maximum atomic E-state index is 9.44. The molecule has 0 atom stereocenters. The molecule has 14 aromatic rings. The van der Waals surface area contributed by atoms with Gasteiger partial charge in [0, 0.05) is 26.2 Å². The minimum Gasteiger partial charge on any atom is -0.318 e. The van der Waals surface area contributed by atoms with Crippen molar-refractivity contribution < 1.29 is 79.6 Å². The number of rotatable bonds is 12. The van der Waals surface area contributed by atoms with E-state index in [1.54, 1.807) is 0 Å². The van der Waals surface area contributed by atoms with Gasteiger partial charge in [-0.3, -0.25) is 0 Å². The van der Waals surface area contributed by atoms with Crippen LogP contribution in [0.25, 0.3) is 90.2 Å². The van der Waals surface area contributed by atoms with Gasteiger partial charge in [-0.15, -0.1) is 20.5 Å². The van der Waals surface area contributed by atoms with Gasteiger partial charge in [0.05, 0.1) is 44.1 Å². The number of Topliss-reactive ketones (excluding diaryl/α,β-unsaturated/α-hetero) is 1. The van der Waals surface area contributed by atoms with E-state index in [1.807, 2.05) is 24.3 Å². The Bertz CT molecular complexity index is 4680. The summed E-state index contributed by atoms with van der Waals surface area (Å²) in [5.74, 6) is 3.57. The first kappa shape index (κ1) is 81.5. The minimum absolute atomic E-state index is 0. The number of halogens is 2. The number of aromatic nitrogens is 10. The van der Waals surface area contributed by atoms with E-state index in [4.69, 9.17) is 67.2 Å². The van der Waals surface area contributed by atoms with Crippen molar-refractivity contribution in [3.63, 3.8) is 0 Å². The number of carbonyl (C=O) groups excluding carboxylic acids is 1. The molecule has 107 heavy (non-hydrogen) atoms. The number of benzene rings is 8. The van der Waals surface area contributed by atoms with Crippen molar-refractivity contribution in [1.82, 2.24) is 48.2 Å². The Morgan fingerprint density at radius 2 is 0.449 bits per heavy atom. The fourth-order valence-electron chi connectivity index (χ4n) is 12.3. The molecule has 0 aliphatic heterocycles. The summed E-state index contributed by atoms with van der Waals surface area (Å²) in [7, 11) is -9.89. The smallest absolute Gasteiger partial charge is 0.318 e. The molecule has 14 rings (SSSR count). The van der Waals surface area contributed by atoms with Gasteiger partial charge in [0.1, 0.15) is 28.6 Å². The fourth-order valence-corrected chi connectivity index (χ4v) is 12.3. The molecule has 22 heteroatoms. The molecule has 0 bridgehead atoms. The van der Waals surface area contributed by atoms with E-state index in [-0.39, 0.29) is 44.5 Å². The largest absolute Gasteiger partial charge is 2.00 e. The van der Waals surface area contributed by atoms with Crippen molar-refractivity contribution in [1.29, 1.82) is 0 Å². The van der Waals surface area contributed by atoms with Crippen molar-refractivity contribution in [2.75, 3.05) is 0 Å². The molecule has 0 spiro atoms. The topological polar surface area (TPSA) is 299 Å². The Hall–Kier alpha value is -9.61. The van der Waals surface area contributed by atoms with Crippen molar-refractivity contribution in [2.45, 2.75) is 145 Å². The van der Waals surface area contributed by atoms with Gasteiger partial charge in [0.2, 0.25) is 0 Å². The van der Waals surface area contributed by atoms with Crippen molar-refractivity contribution in [3.8, 4) is 46.1 Å². The normalized spacial score (nSPS) is 11.9. The monoisotopic (exact) mass is 1520 g/mol. The van der Waals surface area contributed by atoms with Crippen molar-refractivity contribution in [2.24, 2.45) is 0 Å². The van der Waals surface area contributed by atoms with Crippen molar-refractivity contribution >= 4 is 49.9 Å². The third kappa shape index (κ3) is 21.8. The molecule has 0 amide bonds. The van der Waals surface area contributed by atoms with Gasteiger partial charge >= 0.3 is 17.1 Å². The number of hydrogen-bond acceptors (Lipinski definition) is 15. The molecule has 0 aliphatic rings. The summed E-state index contributed by atoms with van der Waals surface area (Å²) in [5.41, 5.74) is 22.2. The molecule has 6 aromatic heterocycles. The van der Waals surface area contributed by atoms with E-state index in [0.29, 0.717) is 26.2 Å². The maximum Gasteiger partial charge on any atom is 2.00 e. The zero-order valence-electron chi connectivity index (χ0n) is 62.5. The van der Waals surface area contributed by atoms with E-state index in [0.717, 1.165) is 90.2 Å². The first-order valence-corrected chi connectivity index (χ1v) is 37.1. The predicted octanol–water partition coefficient (Wildman–Crippen LogP) is 10.7. The molecule has 0 saturated heterocycles. The molecule has 0 fully saturated rings. The number of imidazole rings is 4. The first-order chi connectivity index (χ1) is 49.8. The molecule has 6 heterocycles. The quantitative estimate of drug-likeness (QED) is 0.103. The summed E-state index contributed by atoms with van der Waals surface area (Å²) in [5, 5.41) is 0. The molecule has 554 valence electrons. The second-order valence-corrected chi connectivity index (χ2v) is 31.8. The molecule has 0 saturated carbocycles. The van der Waals surface area contributed by atoms with E-state index in [9.17, 15) is 4.79 Å². The summed E-state index contributed by atoms with van der Waals surface area (Å²) < 4.78 is 77.1. The van der Waals surface area contributed by atoms with E-state index in [1.165, 1.54) is 58.4 Å². The van der Waals surface area contributed by atoms with Crippen LogP contribution in [0.2, 0.25) is 0 Å². The Kier molecular flexibility index (Phi) is 25.6. The zero-order chi connectivity index (χ0) is 76.7. The van der Waals surface area contributed by atoms with Gasteiger partial charge in [-0.1, -0.05) is 241 Å². The number of para-hydroxylation sites is 8. The van der Waals surface area contributed by atoms with Crippen LogP contribution in [0.1, 0.15) is 141 Å². The van der Waals surface area contributed by atoms with Gasteiger partial charge in [0.25, 0.3) is 0 Å². The average Bonchev–Trinajstić information content (AvgIpc) is 1.63. The average molecular weight is 1520 g/mol. The third-order valence-corrected chi connectivity index (χ3v) is 17.7. The molecule has 0 unspecified atom stereocenters. The number of fused-ring (bicyclic) bond motifs is 4. The molecule has 0 radical (unpaired) electrons. The minimum atomic E-state index is -4.94. The molecule has 0 N–H and O–H groups in total. The number of pyridine rings is 2. The Balaban J connectivity index is 0.000000208. The molecule has 8 aromatic carbocycles. The summed E-state index contributed by atoms with van der Waals surface area (Å²) in [4.78, 5) is 40.3. The summed E-state index contributed by atoms with van der Waals surface area (Å²) >= 11 is 0. The number of nitrogens with zero attached hydrogens (tertiary/aromatic N) is 10. The van der Waals surface area contributed by atoms with Gasteiger partial charge in [-0.05, 0) is 153 Å². The Labute approximate surface area is 639 Å². The van der Waals surface area contributed by atoms with E-state index < -0.39 is 20.5 Å². The molecular formula is C85H88Cl2FeN10O9. The standard InChI is InChI=1S/2C41H41N5.C3H6O.2ClHO4.Fe/c2*1-40(2,3)30-22-18-28(19-23-30)26-45-36-16-9-7-12-32(36)43-38(45)34-14-11-15-35(42-34)39-44-33-13-8-10-17-37(33)46(39)27-29-20-24-31(25-21-29)41(4,5)6;1-3(2)4;2*2-1(3,4)5;/h2*7-25H,26-27H2,1-6H3;1-2H3;2*(H,2,3,4,5);/q;;;;;+2/p-2. The van der Waals surface area contributed by atoms with Crippen LogP contribution in [0.5, 0.6) is 0 Å². The van der Waals surface area contributed by atoms with Crippen LogP contribution in [0.3, 0.4) is 0 Å². The SMILES string of the molecule is CC(C)(C)c1ccc(Cn2c(-c3cccc(-c4nc5ccccc5n4Cc4ccc(C(C)(C)C)cc4)n3)nc3ccccc32)cc1.CC(C)(C)c1ccc(Cn2c(-c3cccc(-c4nc5ccccc5n4Cc4ccc(C(C)(C)C)cc4)n3)nc3ccccc32)cc1.CC(C)=O.[Fe+2].[O-][Cl+3]([O-])([O-])[O-].[O-][Cl+3]([O-])([O-])[O-]. The Morgan fingerprint density at radius 1 is 0.280 bits per heavy atom. The van der Waals surface area contributed by atoms with Gasteiger partial charge in [-0.25, -0.2) is 67.2 Å².